The summed E-state index contributed by atoms with van der Waals surface area (Å²) in [7, 11) is 0. The summed E-state index contributed by atoms with van der Waals surface area (Å²) >= 11 is 3.31. The van der Waals surface area contributed by atoms with Crippen molar-refractivity contribution >= 4 is 21.7 Å². The van der Waals surface area contributed by atoms with E-state index in [-0.39, 0.29) is 5.78 Å². The quantitative estimate of drug-likeness (QED) is 0.846. The van der Waals surface area contributed by atoms with E-state index in [2.05, 4.69) is 35.0 Å². The lowest BCUT2D eigenvalue weighted by molar-refractivity contribution is -0.115. The van der Waals surface area contributed by atoms with E-state index < -0.39 is 0 Å². The molecule has 1 aromatic carbocycles. The Hall–Kier alpha value is -1.09. The van der Waals surface area contributed by atoms with Gasteiger partial charge in [-0.1, -0.05) is 29.8 Å². The molecular formula is C14H15BrO2. The van der Waals surface area contributed by atoms with Gasteiger partial charge < -0.3 is 4.74 Å². The predicted molar refractivity (Wildman–Crippen MR) is 70.8 cm³/mol. The van der Waals surface area contributed by atoms with E-state index in [9.17, 15) is 4.79 Å². The van der Waals surface area contributed by atoms with Gasteiger partial charge in [-0.3, -0.25) is 4.79 Å². The molecular weight excluding hydrogens is 280 g/mol. The Morgan fingerprint density at radius 2 is 2.18 bits per heavy atom. The fourth-order valence-electron chi connectivity index (χ4n) is 1.89. The fourth-order valence-corrected chi connectivity index (χ4v) is 2.40. The SMILES string of the molecule is Cc1cccc(COC2=C(Br)C(=O)CCC2)c1. The van der Waals surface area contributed by atoms with Gasteiger partial charge in [0, 0.05) is 12.8 Å². The zero-order valence-corrected chi connectivity index (χ0v) is 11.4. The molecule has 90 valence electrons. The maximum atomic E-state index is 11.5. The largest absolute Gasteiger partial charge is 0.492 e. The van der Waals surface area contributed by atoms with E-state index in [1.54, 1.807) is 0 Å². The molecule has 1 aliphatic rings. The number of halogens is 1. The Kier molecular flexibility index (Phi) is 4.00. The molecule has 0 heterocycles. The highest BCUT2D eigenvalue weighted by atomic mass is 79.9. The van der Waals surface area contributed by atoms with Crippen molar-refractivity contribution in [1.82, 2.24) is 0 Å². The lowest BCUT2D eigenvalue weighted by Crippen LogP contribution is -2.09. The third-order valence-electron chi connectivity index (χ3n) is 2.79. The van der Waals surface area contributed by atoms with Crippen LogP contribution in [0.3, 0.4) is 0 Å². The third kappa shape index (κ3) is 3.19. The molecule has 0 amide bonds. The first-order valence-corrected chi connectivity index (χ1v) is 6.56. The van der Waals surface area contributed by atoms with Crippen LogP contribution in [0, 0.1) is 6.92 Å². The first-order valence-electron chi connectivity index (χ1n) is 5.77. The number of aryl methyl sites for hydroxylation is 1. The van der Waals surface area contributed by atoms with E-state index in [0.29, 0.717) is 17.5 Å². The molecule has 1 aliphatic carbocycles. The molecule has 0 unspecified atom stereocenters. The summed E-state index contributed by atoms with van der Waals surface area (Å²) in [6.45, 7) is 2.59. The maximum Gasteiger partial charge on any atom is 0.173 e. The summed E-state index contributed by atoms with van der Waals surface area (Å²) in [5.74, 6) is 0.943. The molecule has 0 aromatic heterocycles. The lowest BCUT2D eigenvalue weighted by Gasteiger charge is -2.16. The number of carbonyl (C=O) groups excluding carboxylic acids is 1. The summed E-state index contributed by atoms with van der Waals surface area (Å²) in [6.07, 6.45) is 2.35. The Morgan fingerprint density at radius 1 is 1.35 bits per heavy atom. The minimum absolute atomic E-state index is 0.149. The summed E-state index contributed by atoms with van der Waals surface area (Å²) in [5, 5.41) is 0. The second-order valence-electron chi connectivity index (χ2n) is 4.29. The standard InChI is InChI=1S/C14H15BrO2/c1-10-4-2-5-11(8-10)9-17-13-7-3-6-12(16)14(13)15/h2,4-5,8H,3,6-7,9H2,1H3. The highest BCUT2D eigenvalue weighted by molar-refractivity contribution is 9.12. The number of carbonyl (C=O) groups is 1. The molecule has 0 fully saturated rings. The number of rotatable bonds is 3. The Labute approximate surface area is 110 Å². The topological polar surface area (TPSA) is 26.3 Å². The molecule has 0 aliphatic heterocycles. The average molecular weight is 295 g/mol. The van der Waals surface area contributed by atoms with Crippen LogP contribution >= 0.6 is 15.9 Å². The van der Waals surface area contributed by atoms with Gasteiger partial charge in [-0.25, -0.2) is 0 Å². The van der Waals surface area contributed by atoms with Crippen LogP contribution in [-0.4, -0.2) is 5.78 Å². The van der Waals surface area contributed by atoms with E-state index in [1.807, 2.05) is 12.1 Å². The molecule has 1 aromatic rings. The molecule has 17 heavy (non-hydrogen) atoms. The van der Waals surface area contributed by atoms with Crippen LogP contribution in [-0.2, 0) is 16.1 Å². The number of benzene rings is 1. The molecule has 3 heteroatoms. The van der Waals surface area contributed by atoms with Gasteiger partial charge in [-0.15, -0.1) is 0 Å². The van der Waals surface area contributed by atoms with Crippen LogP contribution in [0.15, 0.2) is 34.5 Å². The molecule has 0 bridgehead atoms. The van der Waals surface area contributed by atoms with Crippen LogP contribution in [0.2, 0.25) is 0 Å². The fraction of sp³-hybridized carbons (Fsp3) is 0.357. The smallest absolute Gasteiger partial charge is 0.173 e. The van der Waals surface area contributed by atoms with E-state index >= 15 is 0 Å². The first kappa shape index (κ1) is 12.4. The Balaban J connectivity index is 2.03. The van der Waals surface area contributed by atoms with Crippen molar-refractivity contribution < 1.29 is 9.53 Å². The van der Waals surface area contributed by atoms with Crippen LogP contribution < -0.4 is 0 Å². The summed E-state index contributed by atoms with van der Waals surface area (Å²) < 4.78 is 6.34. The van der Waals surface area contributed by atoms with Gasteiger partial charge in [0.1, 0.15) is 12.4 Å². The summed E-state index contributed by atoms with van der Waals surface area (Å²) in [5.41, 5.74) is 2.36. The average Bonchev–Trinajstić information content (AvgIpc) is 2.31. The minimum Gasteiger partial charge on any atom is -0.492 e. The summed E-state index contributed by atoms with van der Waals surface area (Å²) in [6, 6.07) is 8.21. The Morgan fingerprint density at radius 3 is 2.94 bits per heavy atom. The second-order valence-corrected chi connectivity index (χ2v) is 5.08. The van der Waals surface area contributed by atoms with Gasteiger partial charge >= 0.3 is 0 Å². The molecule has 2 rings (SSSR count). The van der Waals surface area contributed by atoms with Crippen molar-refractivity contribution in [3.63, 3.8) is 0 Å². The number of allylic oxidation sites excluding steroid dienone is 2. The van der Waals surface area contributed by atoms with Gasteiger partial charge in [0.25, 0.3) is 0 Å². The second kappa shape index (κ2) is 5.50. The molecule has 0 saturated heterocycles. The van der Waals surface area contributed by atoms with Crippen molar-refractivity contribution in [1.29, 1.82) is 0 Å². The van der Waals surface area contributed by atoms with E-state index in [1.165, 1.54) is 5.56 Å². The first-order chi connectivity index (χ1) is 8.16. The normalized spacial score (nSPS) is 16.2. The number of ether oxygens (including phenoxy) is 1. The van der Waals surface area contributed by atoms with Crippen molar-refractivity contribution in [3.05, 3.63) is 45.6 Å². The monoisotopic (exact) mass is 294 g/mol. The predicted octanol–water partition coefficient (Wildman–Crippen LogP) is 3.87. The van der Waals surface area contributed by atoms with E-state index in [0.717, 1.165) is 24.2 Å². The van der Waals surface area contributed by atoms with Crippen molar-refractivity contribution in [2.45, 2.75) is 32.8 Å². The van der Waals surface area contributed by atoms with Crippen LogP contribution in [0.5, 0.6) is 0 Å². The van der Waals surface area contributed by atoms with Gasteiger partial charge in [0.15, 0.2) is 5.78 Å². The third-order valence-corrected chi connectivity index (χ3v) is 3.68. The molecule has 0 spiro atoms. The number of ketones is 1. The molecule has 0 radical (unpaired) electrons. The number of hydrogen-bond acceptors (Lipinski definition) is 2. The molecule has 2 nitrogen and oxygen atoms in total. The van der Waals surface area contributed by atoms with Gasteiger partial charge in [-0.2, -0.15) is 0 Å². The highest BCUT2D eigenvalue weighted by Crippen LogP contribution is 2.27. The molecule has 0 saturated carbocycles. The highest BCUT2D eigenvalue weighted by Gasteiger charge is 2.19. The van der Waals surface area contributed by atoms with Crippen molar-refractivity contribution in [2.24, 2.45) is 0 Å². The molecule has 0 atom stereocenters. The van der Waals surface area contributed by atoms with Crippen LogP contribution in [0.25, 0.3) is 0 Å². The number of Topliss-reactive ketones (excluding diaryl/α,β-unsaturated/α-hetero) is 1. The van der Waals surface area contributed by atoms with Gasteiger partial charge in [0.2, 0.25) is 0 Å². The van der Waals surface area contributed by atoms with Crippen molar-refractivity contribution in [3.8, 4) is 0 Å². The van der Waals surface area contributed by atoms with Crippen molar-refractivity contribution in [2.75, 3.05) is 0 Å². The molecule has 0 N–H and O–H groups in total. The van der Waals surface area contributed by atoms with Crippen LogP contribution in [0.1, 0.15) is 30.4 Å². The number of hydrogen-bond donors (Lipinski definition) is 0. The van der Waals surface area contributed by atoms with Gasteiger partial charge in [-0.05, 0) is 34.8 Å². The van der Waals surface area contributed by atoms with Gasteiger partial charge in [0.05, 0.1) is 4.48 Å². The maximum absolute atomic E-state index is 11.5. The summed E-state index contributed by atoms with van der Waals surface area (Å²) in [4.78, 5) is 11.5. The zero-order chi connectivity index (χ0) is 12.3. The minimum atomic E-state index is 0.149. The Bertz CT molecular complexity index is 463. The zero-order valence-electron chi connectivity index (χ0n) is 9.83. The lowest BCUT2D eigenvalue weighted by atomic mass is 10.1. The van der Waals surface area contributed by atoms with Crippen LogP contribution in [0.4, 0.5) is 0 Å². The van der Waals surface area contributed by atoms with E-state index in [4.69, 9.17) is 4.74 Å².